The van der Waals surface area contributed by atoms with Crippen molar-refractivity contribution in [2.24, 2.45) is 0 Å². The average molecular weight is 468 g/mol. The molecule has 4 heterocycles. The van der Waals surface area contributed by atoms with Crippen LogP contribution in [0.2, 0.25) is 0 Å². The van der Waals surface area contributed by atoms with E-state index < -0.39 is 0 Å². The highest BCUT2D eigenvalue weighted by molar-refractivity contribution is 7.26. The zero-order valence-corrected chi connectivity index (χ0v) is 19.3. The lowest BCUT2D eigenvalue weighted by atomic mass is 10.1. The SMILES string of the molecule is c1ccc(-c2nc(-c3ccccc3)nc(-c3nc4cccnc4c4c3sc3ccccc34)n2)cc1. The van der Waals surface area contributed by atoms with E-state index in [9.17, 15) is 0 Å². The fourth-order valence-electron chi connectivity index (χ4n) is 4.36. The lowest BCUT2D eigenvalue weighted by molar-refractivity contribution is 1.07. The largest absolute Gasteiger partial charge is 0.254 e. The molecule has 0 aliphatic heterocycles. The van der Waals surface area contributed by atoms with Crippen LogP contribution in [0.4, 0.5) is 0 Å². The Balaban J connectivity index is 1.58. The standard InChI is InChI=1S/C29H17N5S/c1-3-10-18(11-4-1)27-32-28(19-12-5-2-6-13-19)34-29(33-27)25-26-23(20-14-7-8-16-22(20)35-26)24-21(31-25)15-9-17-30-24/h1-17H. The van der Waals surface area contributed by atoms with Gasteiger partial charge in [-0.05, 0) is 18.2 Å². The van der Waals surface area contributed by atoms with Gasteiger partial charge in [-0.2, -0.15) is 0 Å². The molecule has 0 saturated heterocycles. The van der Waals surface area contributed by atoms with E-state index in [-0.39, 0.29) is 0 Å². The third-order valence-electron chi connectivity index (χ3n) is 5.98. The van der Waals surface area contributed by atoms with E-state index >= 15 is 0 Å². The summed E-state index contributed by atoms with van der Waals surface area (Å²) in [5, 5.41) is 2.26. The van der Waals surface area contributed by atoms with Crippen LogP contribution in [0.5, 0.6) is 0 Å². The van der Waals surface area contributed by atoms with Gasteiger partial charge in [-0.25, -0.2) is 19.9 Å². The van der Waals surface area contributed by atoms with Crippen LogP contribution >= 0.6 is 11.3 Å². The first-order chi connectivity index (χ1) is 17.3. The van der Waals surface area contributed by atoms with Crippen molar-refractivity contribution < 1.29 is 0 Å². The highest BCUT2D eigenvalue weighted by Gasteiger charge is 2.20. The first kappa shape index (κ1) is 19.9. The fraction of sp³-hybridized carbons (Fsp3) is 0. The molecule has 35 heavy (non-hydrogen) atoms. The van der Waals surface area contributed by atoms with Crippen molar-refractivity contribution in [3.8, 4) is 34.3 Å². The molecule has 7 aromatic rings. The molecule has 0 radical (unpaired) electrons. The molecule has 3 aromatic carbocycles. The summed E-state index contributed by atoms with van der Waals surface area (Å²) in [5.41, 5.74) is 4.33. The molecular formula is C29H17N5S. The van der Waals surface area contributed by atoms with E-state index in [1.54, 1.807) is 11.3 Å². The van der Waals surface area contributed by atoms with Crippen LogP contribution < -0.4 is 0 Å². The summed E-state index contributed by atoms with van der Waals surface area (Å²) in [6.07, 6.45) is 1.82. The second-order valence-electron chi connectivity index (χ2n) is 8.17. The Kier molecular flexibility index (Phi) is 4.57. The summed E-state index contributed by atoms with van der Waals surface area (Å²) < 4.78 is 2.21. The van der Waals surface area contributed by atoms with Crippen LogP contribution in [-0.4, -0.2) is 24.9 Å². The molecule has 7 rings (SSSR count). The number of benzene rings is 3. The fourth-order valence-corrected chi connectivity index (χ4v) is 5.55. The molecule has 164 valence electrons. The number of fused-ring (bicyclic) bond motifs is 5. The Morgan fingerprint density at radius 1 is 0.543 bits per heavy atom. The maximum Gasteiger partial charge on any atom is 0.183 e. The molecular weight excluding hydrogens is 450 g/mol. The molecule has 0 aliphatic rings. The summed E-state index contributed by atoms with van der Waals surface area (Å²) in [5.74, 6) is 1.80. The van der Waals surface area contributed by atoms with Crippen molar-refractivity contribution in [2.45, 2.75) is 0 Å². The Morgan fingerprint density at radius 2 is 1.17 bits per heavy atom. The molecule has 5 nitrogen and oxygen atoms in total. The van der Waals surface area contributed by atoms with Gasteiger partial charge in [-0.3, -0.25) is 4.98 Å². The number of hydrogen-bond acceptors (Lipinski definition) is 6. The normalized spacial score (nSPS) is 11.4. The summed E-state index contributed by atoms with van der Waals surface area (Å²) in [4.78, 5) is 24.4. The molecule has 0 bridgehead atoms. The topological polar surface area (TPSA) is 64.5 Å². The molecule has 4 aromatic heterocycles. The van der Waals surface area contributed by atoms with Gasteiger partial charge in [0.2, 0.25) is 0 Å². The third-order valence-corrected chi connectivity index (χ3v) is 7.15. The van der Waals surface area contributed by atoms with E-state index in [1.807, 2.05) is 79.0 Å². The number of thiophene rings is 1. The van der Waals surface area contributed by atoms with Crippen LogP contribution in [-0.2, 0) is 0 Å². The van der Waals surface area contributed by atoms with Crippen LogP contribution in [0.3, 0.4) is 0 Å². The molecule has 0 unspecified atom stereocenters. The van der Waals surface area contributed by atoms with E-state index in [0.717, 1.165) is 37.9 Å². The number of aromatic nitrogens is 5. The number of pyridine rings is 2. The van der Waals surface area contributed by atoms with Gasteiger partial charge in [0, 0.05) is 32.8 Å². The molecule has 0 aliphatic carbocycles. The van der Waals surface area contributed by atoms with Crippen LogP contribution in [0.15, 0.2) is 103 Å². The van der Waals surface area contributed by atoms with Crippen LogP contribution in [0.25, 0.3) is 65.5 Å². The summed E-state index contributed by atoms with van der Waals surface area (Å²) >= 11 is 1.70. The predicted octanol–water partition coefficient (Wildman–Crippen LogP) is 7.18. The monoisotopic (exact) mass is 467 g/mol. The molecule has 6 heteroatoms. The highest BCUT2D eigenvalue weighted by atomic mass is 32.1. The third kappa shape index (κ3) is 3.34. The molecule has 0 amide bonds. The van der Waals surface area contributed by atoms with Gasteiger partial charge in [0.1, 0.15) is 5.69 Å². The zero-order valence-electron chi connectivity index (χ0n) is 18.5. The summed E-state index contributed by atoms with van der Waals surface area (Å²) in [6, 6.07) is 32.3. The van der Waals surface area contributed by atoms with Crippen molar-refractivity contribution in [1.29, 1.82) is 0 Å². The van der Waals surface area contributed by atoms with Crippen LogP contribution in [0, 0.1) is 0 Å². The minimum Gasteiger partial charge on any atom is -0.254 e. The van der Waals surface area contributed by atoms with E-state index in [4.69, 9.17) is 19.9 Å². The number of nitrogens with zero attached hydrogens (tertiary/aromatic N) is 5. The van der Waals surface area contributed by atoms with E-state index in [0.29, 0.717) is 17.5 Å². The second-order valence-corrected chi connectivity index (χ2v) is 9.22. The van der Waals surface area contributed by atoms with Gasteiger partial charge < -0.3 is 0 Å². The minimum atomic E-state index is 0.556. The maximum atomic E-state index is 5.03. The quantitative estimate of drug-likeness (QED) is 0.275. The van der Waals surface area contributed by atoms with Gasteiger partial charge in [0.05, 0.1) is 15.7 Å². The summed E-state index contributed by atoms with van der Waals surface area (Å²) in [7, 11) is 0. The molecule has 0 fully saturated rings. The smallest absolute Gasteiger partial charge is 0.183 e. The van der Waals surface area contributed by atoms with E-state index in [2.05, 4.69) is 29.2 Å². The predicted molar refractivity (Wildman–Crippen MR) is 142 cm³/mol. The molecule has 0 spiro atoms. The lowest BCUT2D eigenvalue weighted by Gasteiger charge is -2.09. The Bertz CT molecular complexity index is 1790. The molecule has 0 saturated carbocycles. The van der Waals surface area contributed by atoms with Crippen molar-refractivity contribution in [1.82, 2.24) is 24.9 Å². The zero-order chi connectivity index (χ0) is 23.2. The van der Waals surface area contributed by atoms with Crippen molar-refractivity contribution in [3.05, 3.63) is 103 Å². The van der Waals surface area contributed by atoms with Gasteiger partial charge in [0.15, 0.2) is 17.5 Å². The molecule has 0 atom stereocenters. The van der Waals surface area contributed by atoms with Crippen molar-refractivity contribution >= 4 is 42.5 Å². The lowest BCUT2D eigenvalue weighted by Crippen LogP contribution is -2.01. The first-order valence-corrected chi connectivity index (χ1v) is 12.1. The molecule has 0 N–H and O–H groups in total. The van der Waals surface area contributed by atoms with E-state index in [1.165, 1.54) is 10.1 Å². The van der Waals surface area contributed by atoms with Crippen molar-refractivity contribution in [2.75, 3.05) is 0 Å². The van der Waals surface area contributed by atoms with Gasteiger partial charge >= 0.3 is 0 Å². The van der Waals surface area contributed by atoms with Crippen LogP contribution in [0.1, 0.15) is 0 Å². The Morgan fingerprint density at radius 3 is 1.89 bits per heavy atom. The Hall–Kier alpha value is -4.55. The minimum absolute atomic E-state index is 0.556. The second kappa shape index (κ2) is 8.04. The van der Waals surface area contributed by atoms with Gasteiger partial charge in [0.25, 0.3) is 0 Å². The Labute approximate surface area is 204 Å². The van der Waals surface area contributed by atoms with Crippen molar-refractivity contribution in [3.63, 3.8) is 0 Å². The van der Waals surface area contributed by atoms with Gasteiger partial charge in [-0.15, -0.1) is 11.3 Å². The van der Waals surface area contributed by atoms with Gasteiger partial charge in [-0.1, -0.05) is 78.9 Å². The maximum absolute atomic E-state index is 5.03. The summed E-state index contributed by atoms with van der Waals surface area (Å²) in [6.45, 7) is 0. The first-order valence-electron chi connectivity index (χ1n) is 11.3. The average Bonchev–Trinajstić information content (AvgIpc) is 3.33. The number of hydrogen-bond donors (Lipinski definition) is 0. The highest BCUT2D eigenvalue weighted by Crippen LogP contribution is 2.41. The number of rotatable bonds is 3.